The molecule has 224 valence electrons. The number of rotatable bonds is 2. The fourth-order valence-corrected chi connectivity index (χ4v) is 11.5. The Hall–Kier alpha value is -0.900. The van der Waals surface area contributed by atoms with Crippen LogP contribution in [0.3, 0.4) is 0 Å². The van der Waals surface area contributed by atoms with E-state index in [1.54, 1.807) is 13.8 Å². The lowest BCUT2D eigenvalue weighted by molar-refractivity contribution is -0.256. The first kappa shape index (κ1) is 31.0. The van der Waals surface area contributed by atoms with E-state index < -0.39 is 12.0 Å². The van der Waals surface area contributed by atoms with Gasteiger partial charge in [0.05, 0.1) is 0 Å². The molecule has 0 aliphatic heterocycles. The summed E-state index contributed by atoms with van der Waals surface area (Å²) >= 11 is 0. The second-order valence-electron chi connectivity index (χ2n) is 17.4. The maximum absolute atomic E-state index is 12.7. The maximum atomic E-state index is 12.7. The number of fused-ring (bicyclic) bond motifs is 7. The van der Waals surface area contributed by atoms with Crippen molar-refractivity contribution in [3.8, 4) is 0 Å². The molecule has 4 heteroatoms. The van der Waals surface area contributed by atoms with E-state index in [1.165, 1.54) is 57.8 Å². The number of ketones is 1. The molecule has 0 spiro atoms. The second kappa shape index (κ2) is 9.84. The Labute approximate surface area is 240 Å². The van der Waals surface area contributed by atoms with Crippen molar-refractivity contribution in [2.45, 2.75) is 146 Å². The summed E-state index contributed by atoms with van der Waals surface area (Å²) in [6.45, 7) is 24.2. The van der Waals surface area contributed by atoms with E-state index in [4.69, 9.17) is 10.8 Å². The predicted octanol–water partition coefficient (Wildman–Crippen LogP) is 8.51. The van der Waals surface area contributed by atoms with E-state index in [-0.39, 0.29) is 17.3 Å². The van der Waals surface area contributed by atoms with Gasteiger partial charge >= 0.3 is 5.97 Å². The van der Waals surface area contributed by atoms with Crippen molar-refractivity contribution < 1.29 is 14.7 Å². The molecule has 5 rings (SSSR count). The first-order valence-electron chi connectivity index (χ1n) is 16.3. The average molecular weight is 544 g/mol. The van der Waals surface area contributed by atoms with Crippen LogP contribution < -0.4 is 5.73 Å². The summed E-state index contributed by atoms with van der Waals surface area (Å²) in [5.41, 5.74) is 7.83. The number of aliphatic carboxylic acids is 1. The first-order valence-corrected chi connectivity index (χ1v) is 16.3. The molecular weight excluding hydrogens is 482 g/mol. The van der Waals surface area contributed by atoms with Gasteiger partial charge in [-0.05, 0) is 120 Å². The summed E-state index contributed by atoms with van der Waals surface area (Å²) in [7, 11) is 0. The average Bonchev–Trinajstić information content (AvgIpc) is 2.84. The van der Waals surface area contributed by atoms with Gasteiger partial charge in [-0.25, -0.2) is 0 Å². The highest BCUT2D eigenvalue weighted by Gasteiger charge is 2.70. The highest BCUT2D eigenvalue weighted by molar-refractivity contribution is 5.82. The summed E-state index contributed by atoms with van der Waals surface area (Å²) in [5.74, 6) is 2.36. The molecule has 5 fully saturated rings. The zero-order chi connectivity index (χ0) is 29.4. The first-order chi connectivity index (χ1) is 17.8. The molecule has 3 N–H and O–H groups in total. The summed E-state index contributed by atoms with van der Waals surface area (Å²) in [6, 6.07) is -0.713. The Morgan fingerprint density at radius 3 is 1.92 bits per heavy atom. The van der Waals surface area contributed by atoms with Gasteiger partial charge in [0.25, 0.3) is 0 Å². The fraction of sp³-hybridized carbons (Fsp3) is 0.943. The molecule has 0 heterocycles. The quantitative estimate of drug-likeness (QED) is 0.366. The van der Waals surface area contributed by atoms with Crippen molar-refractivity contribution in [1.82, 2.24) is 0 Å². The van der Waals surface area contributed by atoms with Gasteiger partial charge in [0.15, 0.2) is 0 Å². The van der Waals surface area contributed by atoms with Crippen LogP contribution in [0.25, 0.3) is 0 Å². The standard InChI is InChI=1S/C30H50O.C5H11NO2/c1-20-21(31)9-10-22-27(20,5)12-11-23-28(22,6)16-18-30(8)24-19-25(2,3)13-14-26(24,4)15-17-29(23,30)7;1-3(2)4(6)5(7)8/h20,22-24H,9-19H2,1-8H3;3-4H,6H2,1-2H3,(H,7,8)/t20-,22+,23-,24+,26+,27+,28-,29+,30-;4-/m00/s1. The highest BCUT2D eigenvalue weighted by Crippen LogP contribution is 2.78. The largest absolute Gasteiger partial charge is 0.480 e. The third kappa shape index (κ3) is 4.65. The Bertz CT molecular complexity index is 973. The fourth-order valence-electron chi connectivity index (χ4n) is 11.5. The summed E-state index contributed by atoms with van der Waals surface area (Å²) in [6.07, 6.45) is 14.6. The molecule has 0 unspecified atom stereocenters. The zero-order valence-corrected chi connectivity index (χ0v) is 27.1. The Morgan fingerprint density at radius 1 is 0.795 bits per heavy atom. The van der Waals surface area contributed by atoms with Crippen LogP contribution in [0.15, 0.2) is 0 Å². The second-order valence-corrected chi connectivity index (χ2v) is 17.4. The van der Waals surface area contributed by atoms with Gasteiger partial charge in [-0.2, -0.15) is 0 Å². The van der Waals surface area contributed by atoms with Crippen LogP contribution >= 0.6 is 0 Å². The van der Waals surface area contributed by atoms with Gasteiger partial charge in [-0.15, -0.1) is 0 Å². The Morgan fingerprint density at radius 2 is 1.36 bits per heavy atom. The van der Waals surface area contributed by atoms with E-state index in [2.05, 4.69) is 55.4 Å². The topological polar surface area (TPSA) is 80.4 Å². The minimum Gasteiger partial charge on any atom is -0.480 e. The van der Waals surface area contributed by atoms with Gasteiger partial charge < -0.3 is 10.8 Å². The molecule has 10 atom stereocenters. The van der Waals surface area contributed by atoms with E-state index in [1.807, 2.05) is 0 Å². The smallest absolute Gasteiger partial charge is 0.320 e. The van der Waals surface area contributed by atoms with Crippen LogP contribution in [0.1, 0.15) is 140 Å². The van der Waals surface area contributed by atoms with Crippen LogP contribution in [-0.4, -0.2) is 22.9 Å². The summed E-state index contributed by atoms with van der Waals surface area (Å²) < 4.78 is 0. The van der Waals surface area contributed by atoms with Crippen LogP contribution in [0, 0.1) is 62.1 Å². The third-order valence-corrected chi connectivity index (χ3v) is 14.7. The molecular formula is C35H61NO3. The number of nitrogens with two attached hydrogens (primary N) is 1. The number of carboxylic acids is 1. The molecule has 0 aromatic carbocycles. The molecule has 5 saturated carbocycles. The Kier molecular flexibility index (Phi) is 7.83. The summed E-state index contributed by atoms with van der Waals surface area (Å²) in [5, 5.41) is 8.23. The number of carboxylic acid groups (broad SMARTS) is 1. The number of hydrogen-bond acceptors (Lipinski definition) is 3. The van der Waals surface area contributed by atoms with Gasteiger partial charge in [0.2, 0.25) is 0 Å². The SMILES string of the molecule is CC(C)[C@H](N)C(=O)O.C[C@H]1C(=O)CC[C@@H]2[C@]1(C)CC[C@H]1[C@@]2(C)CC[C@@]2(C)[C@@H]3CC(C)(C)CC[C@]3(C)CC[C@]12C. The molecule has 4 nitrogen and oxygen atoms in total. The minimum absolute atomic E-state index is 0.0208. The lowest BCUT2D eigenvalue weighted by Crippen LogP contribution is -2.67. The monoisotopic (exact) mass is 543 g/mol. The predicted molar refractivity (Wildman–Crippen MR) is 160 cm³/mol. The summed E-state index contributed by atoms with van der Waals surface area (Å²) in [4.78, 5) is 22.7. The normalized spacial score (nSPS) is 49.4. The highest BCUT2D eigenvalue weighted by atomic mass is 16.4. The number of hydrogen-bond donors (Lipinski definition) is 2. The third-order valence-electron chi connectivity index (χ3n) is 14.7. The lowest BCUT2D eigenvalue weighted by atomic mass is 9.30. The van der Waals surface area contributed by atoms with Crippen LogP contribution in [0.4, 0.5) is 0 Å². The lowest BCUT2D eigenvalue weighted by Gasteiger charge is -2.74. The van der Waals surface area contributed by atoms with Crippen LogP contribution in [0.2, 0.25) is 0 Å². The van der Waals surface area contributed by atoms with Crippen molar-refractivity contribution >= 4 is 11.8 Å². The van der Waals surface area contributed by atoms with Crippen molar-refractivity contribution in [2.75, 3.05) is 0 Å². The van der Waals surface area contributed by atoms with Crippen LogP contribution in [-0.2, 0) is 9.59 Å². The molecule has 0 amide bonds. The zero-order valence-electron chi connectivity index (χ0n) is 27.1. The molecule has 0 bridgehead atoms. The van der Waals surface area contributed by atoms with E-state index in [9.17, 15) is 9.59 Å². The van der Waals surface area contributed by atoms with E-state index >= 15 is 0 Å². The number of carbonyl (C=O) groups excluding carboxylic acids is 1. The molecule has 0 aromatic heterocycles. The van der Waals surface area contributed by atoms with Gasteiger partial charge in [0.1, 0.15) is 11.8 Å². The molecule has 0 saturated heterocycles. The molecule has 39 heavy (non-hydrogen) atoms. The minimum atomic E-state index is -0.931. The molecule has 5 aliphatic rings. The van der Waals surface area contributed by atoms with Gasteiger partial charge in [0, 0.05) is 12.3 Å². The number of carbonyl (C=O) groups is 2. The van der Waals surface area contributed by atoms with Crippen LogP contribution in [0.5, 0.6) is 0 Å². The Balaban J connectivity index is 0.000000386. The van der Waals surface area contributed by atoms with E-state index in [0.29, 0.717) is 32.9 Å². The van der Waals surface area contributed by atoms with E-state index in [0.717, 1.165) is 30.6 Å². The van der Waals surface area contributed by atoms with Crippen molar-refractivity contribution in [3.63, 3.8) is 0 Å². The maximum Gasteiger partial charge on any atom is 0.320 e. The number of Topliss-reactive ketones (excluding diaryl/α,β-unsaturated/α-hetero) is 1. The van der Waals surface area contributed by atoms with Crippen molar-refractivity contribution in [3.05, 3.63) is 0 Å². The molecule has 0 aromatic rings. The van der Waals surface area contributed by atoms with Gasteiger partial charge in [-0.1, -0.05) is 69.2 Å². The van der Waals surface area contributed by atoms with Crippen molar-refractivity contribution in [1.29, 1.82) is 0 Å². The van der Waals surface area contributed by atoms with Gasteiger partial charge in [-0.3, -0.25) is 9.59 Å². The van der Waals surface area contributed by atoms with Crippen molar-refractivity contribution in [2.24, 2.45) is 67.8 Å². The molecule has 5 aliphatic carbocycles. The molecule has 0 radical (unpaired) electrons.